The number of benzene rings is 1. The molecule has 25 heavy (non-hydrogen) atoms. The van der Waals surface area contributed by atoms with Crippen LogP contribution in [0.15, 0.2) is 36.5 Å². The van der Waals surface area contributed by atoms with Crippen molar-refractivity contribution in [2.45, 2.75) is 32.6 Å². The Kier molecular flexibility index (Phi) is 5.07. The van der Waals surface area contributed by atoms with Crippen molar-refractivity contribution < 1.29 is 14.7 Å². The summed E-state index contributed by atoms with van der Waals surface area (Å²) in [4.78, 5) is 32.2. The smallest absolute Gasteiger partial charge is 0.306 e. The number of aliphatic carboxylic acids is 1. The molecule has 130 valence electrons. The Morgan fingerprint density at radius 2 is 2.00 bits per heavy atom. The normalized spacial score (nSPS) is 20.0. The van der Waals surface area contributed by atoms with Crippen molar-refractivity contribution in [1.29, 1.82) is 0 Å². The molecule has 1 saturated carbocycles. The quantitative estimate of drug-likeness (QED) is 0.892. The second kappa shape index (κ2) is 7.42. The fourth-order valence-electron chi connectivity index (χ4n) is 3.27. The van der Waals surface area contributed by atoms with Crippen LogP contribution in [0.5, 0.6) is 0 Å². The second-order valence-electron chi connectivity index (χ2n) is 6.46. The van der Waals surface area contributed by atoms with Crippen molar-refractivity contribution in [3.8, 4) is 11.3 Å². The Morgan fingerprint density at radius 3 is 2.76 bits per heavy atom. The summed E-state index contributed by atoms with van der Waals surface area (Å²) in [7, 11) is 0. The number of rotatable bonds is 4. The Labute approximate surface area is 146 Å². The molecule has 1 amide bonds. The van der Waals surface area contributed by atoms with E-state index in [1.54, 1.807) is 6.20 Å². The summed E-state index contributed by atoms with van der Waals surface area (Å²) in [6.07, 6.45) is 4.28. The average Bonchev–Trinajstić information content (AvgIpc) is 2.62. The fraction of sp³-hybridized carbons (Fsp3) is 0.368. The van der Waals surface area contributed by atoms with Gasteiger partial charge in [0.05, 0.1) is 11.6 Å². The lowest BCUT2D eigenvalue weighted by atomic mass is 9.81. The van der Waals surface area contributed by atoms with Gasteiger partial charge in [-0.05, 0) is 44.4 Å². The molecule has 6 nitrogen and oxygen atoms in total. The molecular weight excluding hydrogens is 318 g/mol. The van der Waals surface area contributed by atoms with Gasteiger partial charge in [-0.15, -0.1) is 0 Å². The predicted molar refractivity (Wildman–Crippen MR) is 93.9 cm³/mol. The number of carbonyl (C=O) groups excluding carboxylic acids is 1. The fourth-order valence-corrected chi connectivity index (χ4v) is 3.27. The first kappa shape index (κ1) is 17.1. The van der Waals surface area contributed by atoms with Crippen LogP contribution in [0.1, 0.15) is 31.5 Å². The van der Waals surface area contributed by atoms with E-state index in [0.717, 1.165) is 24.1 Å². The lowest BCUT2D eigenvalue weighted by molar-refractivity contribution is -0.143. The first-order valence-electron chi connectivity index (χ1n) is 8.46. The number of aryl methyl sites for hydroxylation is 1. The molecule has 2 atom stereocenters. The molecule has 1 aromatic heterocycles. The van der Waals surface area contributed by atoms with E-state index >= 15 is 0 Å². The Morgan fingerprint density at radius 1 is 1.20 bits per heavy atom. The van der Waals surface area contributed by atoms with Gasteiger partial charge in [0.25, 0.3) is 0 Å². The van der Waals surface area contributed by atoms with Crippen LogP contribution in [-0.2, 0) is 9.59 Å². The second-order valence-corrected chi connectivity index (χ2v) is 6.46. The Hall–Kier alpha value is -2.76. The molecule has 1 aliphatic rings. The van der Waals surface area contributed by atoms with Crippen molar-refractivity contribution >= 4 is 17.6 Å². The molecule has 2 unspecified atom stereocenters. The van der Waals surface area contributed by atoms with Crippen molar-refractivity contribution in [3.05, 3.63) is 42.4 Å². The molecule has 6 heteroatoms. The molecule has 2 N–H and O–H groups in total. The minimum Gasteiger partial charge on any atom is -0.481 e. The van der Waals surface area contributed by atoms with Gasteiger partial charge in [0.2, 0.25) is 5.91 Å². The van der Waals surface area contributed by atoms with E-state index in [-0.39, 0.29) is 11.8 Å². The van der Waals surface area contributed by atoms with E-state index in [2.05, 4.69) is 15.3 Å². The van der Waals surface area contributed by atoms with Crippen molar-refractivity contribution in [2.75, 3.05) is 5.32 Å². The van der Waals surface area contributed by atoms with Gasteiger partial charge in [-0.1, -0.05) is 18.6 Å². The van der Waals surface area contributed by atoms with E-state index in [1.807, 2.05) is 37.3 Å². The highest BCUT2D eigenvalue weighted by molar-refractivity contribution is 5.93. The average molecular weight is 339 g/mol. The number of carboxylic acids is 1. The van der Waals surface area contributed by atoms with Crippen LogP contribution in [0.3, 0.4) is 0 Å². The molecule has 0 spiro atoms. The van der Waals surface area contributed by atoms with Crippen LogP contribution in [0.25, 0.3) is 11.3 Å². The molecule has 1 aromatic carbocycles. The molecule has 2 aromatic rings. The standard InChI is InChI=1S/C19H21N3O3/c1-12-20-9-8-17(21-12)13-4-3-7-16(11-13)22-18(23)14-5-2-6-15(10-14)19(24)25/h3-4,7-9,11,14-15H,2,5-6,10H2,1H3,(H,22,23)(H,24,25). The molecule has 3 rings (SSSR count). The summed E-state index contributed by atoms with van der Waals surface area (Å²) >= 11 is 0. The largest absolute Gasteiger partial charge is 0.481 e. The summed E-state index contributed by atoms with van der Waals surface area (Å²) in [6.45, 7) is 1.83. The third-order valence-corrected chi connectivity index (χ3v) is 4.60. The minimum atomic E-state index is -0.807. The molecule has 1 aliphatic carbocycles. The SMILES string of the molecule is Cc1nccc(-c2cccc(NC(=O)C3CCCC(C(=O)O)C3)c2)n1. The Bertz CT molecular complexity index is 791. The van der Waals surface area contributed by atoms with E-state index < -0.39 is 11.9 Å². The number of carbonyl (C=O) groups is 2. The minimum absolute atomic E-state index is 0.109. The zero-order valence-electron chi connectivity index (χ0n) is 14.1. The lowest BCUT2D eigenvalue weighted by Crippen LogP contribution is -2.30. The summed E-state index contributed by atoms with van der Waals surface area (Å²) in [6, 6.07) is 9.32. The number of nitrogens with one attached hydrogen (secondary N) is 1. The van der Waals surface area contributed by atoms with Crippen LogP contribution >= 0.6 is 0 Å². The zero-order valence-corrected chi connectivity index (χ0v) is 14.1. The highest BCUT2D eigenvalue weighted by Gasteiger charge is 2.31. The number of carboxylic acid groups (broad SMARTS) is 1. The summed E-state index contributed by atoms with van der Waals surface area (Å²) in [5, 5.41) is 12.1. The van der Waals surface area contributed by atoms with Gasteiger partial charge in [-0.25, -0.2) is 9.97 Å². The van der Waals surface area contributed by atoms with Gasteiger partial charge >= 0.3 is 5.97 Å². The first-order chi connectivity index (χ1) is 12.0. The van der Waals surface area contributed by atoms with E-state index in [4.69, 9.17) is 5.11 Å². The van der Waals surface area contributed by atoms with Gasteiger partial charge in [-0.2, -0.15) is 0 Å². The van der Waals surface area contributed by atoms with Crippen LogP contribution in [-0.4, -0.2) is 27.0 Å². The number of aromatic nitrogens is 2. The lowest BCUT2D eigenvalue weighted by Gasteiger charge is -2.25. The predicted octanol–water partition coefficient (Wildman–Crippen LogP) is 3.28. The molecule has 0 aliphatic heterocycles. The number of hydrogen-bond acceptors (Lipinski definition) is 4. The van der Waals surface area contributed by atoms with Gasteiger partial charge in [0, 0.05) is 23.4 Å². The maximum Gasteiger partial charge on any atom is 0.306 e. The van der Waals surface area contributed by atoms with Gasteiger partial charge in [0.1, 0.15) is 5.82 Å². The van der Waals surface area contributed by atoms with Crippen molar-refractivity contribution in [3.63, 3.8) is 0 Å². The molecular formula is C19H21N3O3. The van der Waals surface area contributed by atoms with Crippen LogP contribution < -0.4 is 5.32 Å². The molecule has 1 heterocycles. The zero-order chi connectivity index (χ0) is 17.8. The topological polar surface area (TPSA) is 92.2 Å². The number of nitrogens with zero attached hydrogens (tertiary/aromatic N) is 2. The summed E-state index contributed by atoms with van der Waals surface area (Å²) < 4.78 is 0. The highest BCUT2D eigenvalue weighted by Crippen LogP contribution is 2.30. The van der Waals surface area contributed by atoms with Gasteiger partial charge < -0.3 is 10.4 Å². The van der Waals surface area contributed by atoms with Crippen molar-refractivity contribution in [1.82, 2.24) is 9.97 Å². The molecule has 0 radical (unpaired) electrons. The van der Waals surface area contributed by atoms with Crippen LogP contribution in [0.4, 0.5) is 5.69 Å². The number of hydrogen-bond donors (Lipinski definition) is 2. The van der Waals surface area contributed by atoms with E-state index in [1.165, 1.54) is 0 Å². The summed E-state index contributed by atoms with van der Waals surface area (Å²) in [5.74, 6) is -0.894. The molecule has 0 saturated heterocycles. The van der Waals surface area contributed by atoms with E-state index in [9.17, 15) is 9.59 Å². The monoisotopic (exact) mass is 339 g/mol. The maximum atomic E-state index is 12.5. The van der Waals surface area contributed by atoms with Crippen molar-refractivity contribution in [2.24, 2.45) is 11.8 Å². The van der Waals surface area contributed by atoms with Crippen LogP contribution in [0.2, 0.25) is 0 Å². The Balaban J connectivity index is 1.71. The van der Waals surface area contributed by atoms with Gasteiger partial charge in [-0.3, -0.25) is 9.59 Å². The molecule has 1 fully saturated rings. The number of amides is 1. The molecule has 0 bridgehead atoms. The highest BCUT2D eigenvalue weighted by atomic mass is 16.4. The van der Waals surface area contributed by atoms with Crippen LogP contribution in [0, 0.1) is 18.8 Å². The third kappa shape index (κ3) is 4.21. The maximum absolute atomic E-state index is 12.5. The third-order valence-electron chi connectivity index (χ3n) is 4.60. The van der Waals surface area contributed by atoms with E-state index in [0.29, 0.717) is 24.4 Å². The number of anilines is 1. The first-order valence-corrected chi connectivity index (χ1v) is 8.46. The van der Waals surface area contributed by atoms with Gasteiger partial charge in [0.15, 0.2) is 0 Å². The summed E-state index contributed by atoms with van der Waals surface area (Å²) in [5.41, 5.74) is 2.39.